The van der Waals surface area contributed by atoms with E-state index >= 15 is 0 Å². The molecule has 1 aromatic rings. The Morgan fingerprint density at radius 3 is 2.75 bits per heavy atom. The number of cyclic esters (lactones) is 1. The summed E-state index contributed by atoms with van der Waals surface area (Å²) in [4.78, 5) is 11.3. The largest absolute Gasteiger partial charge is 0.497 e. The van der Waals surface area contributed by atoms with Crippen molar-refractivity contribution in [3.63, 3.8) is 0 Å². The molecule has 0 bridgehead atoms. The van der Waals surface area contributed by atoms with Gasteiger partial charge in [-0.25, -0.2) is 0 Å². The molecule has 1 aromatic carbocycles. The van der Waals surface area contributed by atoms with E-state index in [0.717, 1.165) is 22.2 Å². The highest BCUT2D eigenvalue weighted by molar-refractivity contribution is 14.1. The average molecular weight is 390 g/mol. The summed E-state index contributed by atoms with van der Waals surface area (Å²) in [5.74, 6) is 1.07. The van der Waals surface area contributed by atoms with E-state index < -0.39 is 0 Å². The van der Waals surface area contributed by atoms with Crippen molar-refractivity contribution in [1.82, 2.24) is 0 Å². The maximum absolute atomic E-state index is 11.3. The number of hydrogen-bond donors (Lipinski definition) is 0. The van der Waals surface area contributed by atoms with Gasteiger partial charge in [0, 0.05) is 17.0 Å². The summed E-state index contributed by atoms with van der Waals surface area (Å²) in [6, 6.07) is 7.84. The second kappa shape index (κ2) is 7.83. The third kappa shape index (κ3) is 4.34. The number of carbonyl (C=O) groups is 1. The molecule has 1 fully saturated rings. The smallest absolute Gasteiger partial charge is 0.306 e. The van der Waals surface area contributed by atoms with Crippen molar-refractivity contribution in [3.8, 4) is 5.75 Å². The number of halogens is 1. The van der Waals surface area contributed by atoms with Crippen molar-refractivity contribution in [2.24, 2.45) is 5.92 Å². The fraction of sp³-hybridized carbons (Fsp3) is 0.533. The van der Waals surface area contributed by atoms with Crippen LogP contribution in [0.1, 0.15) is 18.4 Å². The van der Waals surface area contributed by atoms with E-state index in [0.29, 0.717) is 25.6 Å². The Kier molecular flexibility index (Phi) is 6.09. The minimum absolute atomic E-state index is 0.0627. The van der Waals surface area contributed by atoms with Gasteiger partial charge in [-0.2, -0.15) is 0 Å². The van der Waals surface area contributed by atoms with E-state index in [1.54, 1.807) is 7.11 Å². The third-order valence-corrected chi connectivity index (χ3v) is 4.32. The molecule has 110 valence electrons. The number of hydrogen-bond acceptors (Lipinski definition) is 4. The highest BCUT2D eigenvalue weighted by Gasteiger charge is 2.33. The second-order valence-corrected chi connectivity index (χ2v) is 5.72. The summed E-state index contributed by atoms with van der Waals surface area (Å²) in [6.07, 6.45) is 1.46. The summed E-state index contributed by atoms with van der Waals surface area (Å²) in [7, 11) is 1.65. The summed E-state index contributed by atoms with van der Waals surface area (Å²) < 4.78 is 16.9. The number of rotatable bonds is 7. The third-order valence-electron chi connectivity index (χ3n) is 3.45. The zero-order valence-corrected chi connectivity index (χ0v) is 13.7. The average Bonchev–Trinajstić information content (AvgIpc) is 2.84. The first-order valence-corrected chi connectivity index (χ1v) is 8.21. The van der Waals surface area contributed by atoms with Gasteiger partial charge in [0.15, 0.2) is 0 Å². The number of carbonyl (C=O) groups excluding carboxylic acids is 1. The maximum atomic E-state index is 11.3. The fourth-order valence-corrected chi connectivity index (χ4v) is 3.15. The molecule has 2 rings (SSSR count). The molecule has 0 aromatic heterocycles. The van der Waals surface area contributed by atoms with Crippen molar-refractivity contribution >= 4 is 28.6 Å². The predicted octanol–water partition coefficient (Wildman–Crippen LogP) is 2.97. The lowest BCUT2D eigenvalue weighted by Gasteiger charge is -2.14. The van der Waals surface area contributed by atoms with Gasteiger partial charge >= 0.3 is 5.97 Å². The fourth-order valence-electron chi connectivity index (χ4n) is 2.25. The van der Waals surface area contributed by atoms with Crippen LogP contribution in [0.5, 0.6) is 5.75 Å². The Morgan fingerprint density at radius 2 is 2.10 bits per heavy atom. The highest BCUT2D eigenvalue weighted by atomic mass is 127. The Labute approximate surface area is 132 Å². The molecular formula is C15H19IO4. The molecule has 0 radical (unpaired) electrons. The zero-order chi connectivity index (χ0) is 14.4. The van der Waals surface area contributed by atoms with Gasteiger partial charge in [-0.15, -0.1) is 0 Å². The van der Waals surface area contributed by atoms with Crippen molar-refractivity contribution in [3.05, 3.63) is 29.8 Å². The molecule has 2 atom stereocenters. The maximum Gasteiger partial charge on any atom is 0.306 e. The lowest BCUT2D eigenvalue weighted by molar-refractivity contribution is -0.140. The molecule has 1 saturated heterocycles. The monoisotopic (exact) mass is 390 g/mol. The van der Waals surface area contributed by atoms with E-state index in [1.165, 1.54) is 0 Å². The van der Waals surface area contributed by atoms with Crippen LogP contribution in [-0.4, -0.2) is 30.2 Å². The molecule has 4 nitrogen and oxygen atoms in total. The molecule has 0 spiro atoms. The van der Waals surface area contributed by atoms with Crippen molar-refractivity contribution in [2.75, 3.05) is 18.1 Å². The van der Waals surface area contributed by atoms with Gasteiger partial charge in [0.2, 0.25) is 0 Å². The molecule has 5 heteroatoms. The first kappa shape index (κ1) is 15.6. The predicted molar refractivity (Wildman–Crippen MR) is 84.1 cm³/mol. The highest BCUT2D eigenvalue weighted by Crippen LogP contribution is 2.26. The van der Waals surface area contributed by atoms with E-state index in [2.05, 4.69) is 22.6 Å². The van der Waals surface area contributed by atoms with Crippen LogP contribution in [0.25, 0.3) is 0 Å². The molecule has 0 aliphatic carbocycles. The van der Waals surface area contributed by atoms with E-state index in [-0.39, 0.29) is 12.1 Å². The molecule has 0 amide bonds. The second-order valence-electron chi connectivity index (χ2n) is 4.84. The molecular weight excluding hydrogens is 371 g/mol. The molecule has 20 heavy (non-hydrogen) atoms. The molecule has 1 heterocycles. The van der Waals surface area contributed by atoms with Gasteiger partial charge in [0.05, 0.1) is 20.1 Å². The topological polar surface area (TPSA) is 44.8 Å². The summed E-state index contributed by atoms with van der Waals surface area (Å²) in [6.45, 7) is 1.24. The minimum atomic E-state index is -0.0770. The van der Waals surface area contributed by atoms with Crippen LogP contribution >= 0.6 is 22.6 Å². The van der Waals surface area contributed by atoms with Gasteiger partial charge in [0.25, 0.3) is 0 Å². The summed E-state index contributed by atoms with van der Waals surface area (Å²) in [5, 5.41) is 0. The number of alkyl halides is 1. The van der Waals surface area contributed by atoms with Crippen LogP contribution in [-0.2, 0) is 20.9 Å². The number of esters is 1. The number of ether oxygens (including phenoxy) is 3. The summed E-state index contributed by atoms with van der Waals surface area (Å²) in [5.41, 5.74) is 1.12. The molecule has 1 aliphatic rings. The molecule has 0 unspecified atom stereocenters. The Morgan fingerprint density at radius 1 is 1.35 bits per heavy atom. The van der Waals surface area contributed by atoms with Gasteiger partial charge in [-0.1, -0.05) is 34.7 Å². The number of benzene rings is 1. The lowest BCUT2D eigenvalue weighted by Crippen LogP contribution is -2.19. The van der Waals surface area contributed by atoms with E-state index in [1.807, 2.05) is 24.3 Å². The Balaban J connectivity index is 1.69. The van der Waals surface area contributed by atoms with Crippen LogP contribution in [0.3, 0.4) is 0 Å². The van der Waals surface area contributed by atoms with Gasteiger partial charge in [-0.05, 0) is 24.1 Å². The van der Waals surface area contributed by atoms with Crippen LogP contribution in [0.4, 0.5) is 0 Å². The molecule has 0 N–H and O–H groups in total. The SMILES string of the molecule is COc1ccc(COCC[C@@H]2CC(=O)O[C@H]2CI)cc1. The van der Waals surface area contributed by atoms with Gasteiger partial charge in [0.1, 0.15) is 11.9 Å². The van der Waals surface area contributed by atoms with E-state index in [4.69, 9.17) is 14.2 Å². The van der Waals surface area contributed by atoms with Crippen LogP contribution in [0, 0.1) is 5.92 Å². The zero-order valence-electron chi connectivity index (χ0n) is 11.5. The summed E-state index contributed by atoms with van der Waals surface area (Å²) >= 11 is 2.26. The Bertz CT molecular complexity index is 432. The first-order valence-electron chi connectivity index (χ1n) is 6.69. The van der Waals surface area contributed by atoms with Crippen molar-refractivity contribution in [2.45, 2.75) is 25.6 Å². The first-order chi connectivity index (χ1) is 9.72. The Hall–Kier alpha value is -0.820. The minimum Gasteiger partial charge on any atom is -0.497 e. The quantitative estimate of drug-likeness (QED) is 0.311. The van der Waals surface area contributed by atoms with Crippen molar-refractivity contribution < 1.29 is 19.0 Å². The molecule has 0 saturated carbocycles. The lowest BCUT2D eigenvalue weighted by atomic mass is 9.99. The van der Waals surface area contributed by atoms with Gasteiger partial charge < -0.3 is 14.2 Å². The van der Waals surface area contributed by atoms with Gasteiger partial charge in [-0.3, -0.25) is 4.79 Å². The van der Waals surface area contributed by atoms with Crippen LogP contribution in [0.15, 0.2) is 24.3 Å². The van der Waals surface area contributed by atoms with Crippen LogP contribution < -0.4 is 4.74 Å². The van der Waals surface area contributed by atoms with E-state index in [9.17, 15) is 4.79 Å². The van der Waals surface area contributed by atoms with Crippen LogP contribution in [0.2, 0.25) is 0 Å². The standard InChI is InChI=1S/C15H19IO4/c1-18-13-4-2-11(3-5-13)10-19-7-6-12-8-15(17)20-14(12)9-16/h2-5,12,14H,6-10H2,1H3/t12-,14+/m1/s1. The van der Waals surface area contributed by atoms with Crippen molar-refractivity contribution in [1.29, 1.82) is 0 Å². The number of methoxy groups -OCH3 is 1. The molecule has 1 aliphatic heterocycles. The normalized spacial score (nSPS) is 21.8.